The molecule has 3 atom stereocenters. The van der Waals surface area contributed by atoms with Gasteiger partial charge in [-0.05, 0) is 78.2 Å². The Balaban J connectivity index is 0.00000130. The van der Waals surface area contributed by atoms with Crippen molar-refractivity contribution in [2.45, 2.75) is 108 Å². The molecule has 7 rings (SSSR count). The van der Waals surface area contributed by atoms with Crippen LogP contribution in [0.1, 0.15) is 85.4 Å². The second kappa shape index (κ2) is 19.6. The molecule has 0 saturated carbocycles. The van der Waals surface area contributed by atoms with E-state index in [0.717, 1.165) is 19.6 Å². The van der Waals surface area contributed by atoms with Gasteiger partial charge in [0.25, 0.3) is 0 Å². The molecule has 0 fully saturated rings. The Kier molecular flexibility index (Phi) is 16.3. The van der Waals surface area contributed by atoms with Crippen molar-refractivity contribution < 1.29 is 25.6 Å². The van der Waals surface area contributed by atoms with Crippen LogP contribution in [0, 0.1) is 14.9 Å². The van der Waals surface area contributed by atoms with Gasteiger partial charge in [-0.2, -0.15) is 0 Å². The Bertz CT molecular complexity index is 2030. The molecule has 55 heavy (non-hydrogen) atoms. The van der Waals surface area contributed by atoms with Gasteiger partial charge in [-0.1, -0.05) is 155 Å². The average Bonchev–Trinajstić information content (AvgIpc) is 3.76. The van der Waals surface area contributed by atoms with Crippen LogP contribution in [-0.4, -0.2) is 32.9 Å². The first-order chi connectivity index (χ1) is 25.4. The number of hydrogen-bond donors (Lipinski definition) is 0. The van der Waals surface area contributed by atoms with Crippen LogP contribution in [0.3, 0.4) is 0 Å². The number of rotatable bonds is 13. The van der Waals surface area contributed by atoms with E-state index in [4.69, 9.17) is 21.8 Å². The molecule has 292 valence electrons. The maximum atomic E-state index is 6.10. The number of hydrogen-bond acceptors (Lipinski definition) is 1. The quantitative estimate of drug-likeness (QED) is 0.0653. The van der Waals surface area contributed by atoms with E-state index in [0.29, 0.717) is 11.1 Å². The van der Waals surface area contributed by atoms with Crippen LogP contribution in [-0.2, 0) is 32.1 Å². The molecule has 0 N–H and O–H groups in total. The van der Waals surface area contributed by atoms with E-state index < -0.39 is 37.0 Å². The van der Waals surface area contributed by atoms with Gasteiger partial charge < -0.3 is 24.2 Å². The van der Waals surface area contributed by atoms with E-state index in [1.54, 1.807) is 22.3 Å². The van der Waals surface area contributed by atoms with Gasteiger partial charge >= 0.3 is 37.9 Å². The Morgan fingerprint density at radius 3 is 1.96 bits per heavy atom. The van der Waals surface area contributed by atoms with E-state index >= 15 is 0 Å². The molecule has 3 unspecified atom stereocenters. The minimum atomic E-state index is -2.15. The van der Waals surface area contributed by atoms with E-state index in [1.807, 2.05) is 0 Å². The van der Waals surface area contributed by atoms with Gasteiger partial charge in [0.05, 0.1) is 19.4 Å². The zero-order valence-corrected chi connectivity index (χ0v) is 40.8. The van der Waals surface area contributed by atoms with Crippen molar-refractivity contribution in [1.82, 2.24) is 4.57 Å². The molecular weight excluding hydrogens is 825 g/mol. The number of nitrogens with zero attached hydrogens (tertiary/aromatic N) is 1. The first-order valence-electron chi connectivity index (χ1n) is 19.5. The summed E-state index contributed by atoms with van der Waals surface area (Å²) in [7, 11) is 6.39. The molecule has 0 aliphatic heterocycles. The fraction of sp³-hybridized carbons (Fsp3) is 0.375. The molecule has 2 nitrogen and oxygen atoms in total. The van der Waals surface area contributed by atoms with E-state index in [1.165, 1.54) is 64.6 Å². The zero-order valence-electron chi connectivity index (χ0n) is 34.8. The van der Waals surface area contributed by atoms with Crippen LogP contribution in [0.25, 0.3) is 27.7 Å². The van der Waals surface area contributed by atoms with Crippen molar-refractivity contribution in [3.05, 3.63) is 152 Å². The molecule has 4 aromatic carbocycles. The van der Waals surface area contributed by atoms with Crippen molar-refractivity contribution in [2.75, 3.05) is 6.61 Å². The number of aromatic nitrogens is 1. The predicted octanol–water partition coefficient (Wildman–Crippen LogP) is 15.1. The summed E-state index contributed by atoms with van der Waals surface area (Å²) in [5.41, 5.74) is 14.5. The van der Waals surface area contributed by atoms with Crippen molar-refractivity contribution in [2.24, 2.45) is 0 Å². The fourth-order valence-electron chi connectivity index (χ4n) is 9.18. The molecule has 5 aromatic rings. The van der Waals surface area contributed by atoms with Gasteiger partial charge in [0.2, 0.25) is 0 Å². The van der Waals surface area contributed by atoms with Gasteiger partial charge in [-0.3, -0.25) is 0 Å². The van der Waals surface area contributed by atoms with Crippen LogP contribution in [0.15, 0.2) is 109 Å². The summed E-state index contributed by atoms with van der Waals surface area (Å²) in [6, 6.07) is 41.9. The monoisotopic (exact) mass is 885 g/mol. The number of para-hydroxylation sites is 1. The standard InChI is InChI=1S/C46H57NOSi2.2CH3.2ClH.Zr/c1-46(2,3)48-29-19-8-9-20-30-50(7,42-31-35(33-49(4,5)6)36-23-13-14-24-37(36)42)45-39-26-16-15-25-38(39)44-43(45)40-27-17-18-28-41(40)47(44)32-34-21-11-10-12-22-34;;;;;/h10-18,21-28,31,42,45H,8-9,19-20,29-30,32-33H2,1-7H3;2*1H3;2*1H;/q;2*-1;;;+4/p-2. The number of unbranched alkanes of at least 4 members (excludes halogenated alkanes) is 3. The van der Waals surface area contributed by atoms with E-state index in [-0.39, 0.29) is 20.5 Å². The SMILES string of the molecule is CC(C)(C)OCCCCCC[Si](C)(C1C=C(C[Si](C)(C)C)c2ccccc21)C1c2ccccc2-c2c1c1ccccc1n2Cc1ccccc1.[CH3-].[CH3-].[Cl][Zr+2][Cl]. The molecule has 7 heteroatoms. The molecule has 0 amide bonds. The van der Waals surface area contributed by atoms with E-state index in [2.05, 4.69) is 161 Å². The van der Waals surface area contributed by atoms with Crippen molar-refractivity contribution in [3.8, 4) is 11.3 Å². The summed E-state index contributed by atoms with van der Waals surface area (Å²) < 4.78 is 8.75. The van der Waals surface area contributed by atoms with Gasteiger partial charge in [-0.25, -0.2) is 0 Å². The fourth-order valence-corrected chi connectivity index (χ4v) is 16.1. The summed E-state index contributed by atoms with van der Waals surface area (Å²) in [6.45, 7) is 18.6. The molecule has 2 aliphatic carbocycles. The maximum absolute atomic E-state index is 6.10. The molecule has 0 bridgehead atoms. The summed E-state index contributed by atoms with van der Waals surface area (Å²) in [5, 5.41) is 1.45. The minimum absolute atomic E-state index is 0. The van der Waals surface area contributed by atoms with Crippen molar-refractivity contribution in [3.63, 3.8) is 0 Å². The van der Waals surface area contributed by atoms with Gasteiger partial charge in [-0.15, -0.1) is 0 Å². The molecule has 1 aromatic heterocycles. The molecule has 0 radical (unpaired) electrons. The van der Waals surface area contributed by atoms with Gasteiger partial charge in [0.15, 0.2) is 0 Å². The first-order valence-corrected chi connectivity index (χ1v) is 32.4. The van der Waals surface area contributed by atoms with Crippen molar-refractivity contribution >= 4 is 49.6 Å². The van der Waals surface area contributed by atoms with Gasteiger partial charge in [0.1, 0.15) is 0 Å². The first kappa shape index (κ1) is 45.7. The van der Waals surface area contributed by atoms with Crippen LogP contribution >= 0.6 is 17.0 Å². The molecule has 0 spiro atoms. The Labute approximate surface area is 354 Å². The summed E-state index contributed by atoms with van der Waals surface area (Å²) in [6.07, 6.45) is 7.74. The second-order valence-corrected chi connectivity index (χ2v) is 31.5. The summed E-state index contributed by atoms with van der Waals surface area (Å²) in [4.78, 5) is 0. The number of ether oxygens (including phenoxy) is 1. The summed E-state index contributed by atoms with van der Waals surface area (Å²) in [5.74, 6) is 0. The van der Waals surface area contributed by atoms with Gasteiger partial charge in [0, 0.05) is 43.2 Å². The topological polar surface area (TPSA) is 14.2 Å². The van der Waals surface area contributed by atoms with Crippen LogP contribution < -0.4 is 0 Å². The second-order valence-electron chi connectivity index (χ2n) is 17.6. The number of allylic oxidation sites excluding steroid dienone is 2. The third kappa shape index (κ3) is 10.4. The predicted molar refractivity (Wildman–Crippen MR) is 245 cm³/mol. The van der Waals surface area contributed by atoms with Crippen molar-refractivity contribution in [1.29, 1.82) is 0 Å². The third-order valence-electron chi connectivity index (χ3n) is 11.3. The normalized spacial score (nSPS) is 16.6. The Morgan fingerprint density at radius 2 is 1.29 bits per heavy atom. The van der Waals surface area contributed by atoms with Crippen LogP contribution in [0.5, 0.6) is 0 Å². The zero-order chi connectivity index (χ0) is 37.8. The number of fused-ring (bicyclic) bond motifs is 6. The number of halogens is 2. The molecule has 0 saturated heterocycles. The van der Waals surface area contributed by atoms with E-state index in [9.17, 15) is 0 Å². The average molecular weight is 888 g/mol. The Hall–Kier alpha value is -1.98. The third-order valence-corrected chi connectivity index (χ3v) is 17.9. The Morgan fingerprint density at radius 1 is 0.709 bits per heavy atom. The number of benzene rings is 4. The summed E-state index contributed by atoms with van der Waals surface area (Å²) >= 11 is -0.826. The molecule has 2 aliphatic rings. The molecular formula is C48H63Cl2NOSi2Zr. The van der Waals surface area contributed by atoms with Crippen LogP contribution in [0.2, 0.25) is 38.3 Å². The van der Waals surface area contributed by atoms with Crippen LogP contribution in [0.4, 0.5) is 0 Å². The molecule has 1 heterocycles.